The predicted molar refractivity (Wildman–Crippen MR) is 76.0 cm³/mol. The average Bonchev–Trinajstić information content (AvgIpc) is 2.33. The normalized spacial score (nSPS) is 17.5. The number of nitrogens with zero attached hydrogens (tertiary/aromatic N) is 3. The van der Waals surface area contributed by atoms with Crippen molar-refractivity contribution in [2.45, 2.75) is 26.7 Å². The summed E-state index contributed by atoms with van der Waals surface area (Å²) in [5, 5.41) is 0.524. The van der Waals surface area contributed by atoms with E-state index in [1.54, 1.807) is 0 Å². The van der Waals surface area contributed by atoms with Gasteiger partial charge in [-0.2, -0.15) is 0 Å². The molecular formula is C12H18ClN3OS. The van der Waals surface area contributed by atoms with E-state index in [1.165, 1.54) is 0 Å². The summed E-state index contributed by atoms with van der Waals surface area (Å²) in [6, 6.07) is 0. The fourth-order valence-electron chi connectivity index (χ4n) is 1.91. The number of anilines is 1. The van der Waals surface area contributed by atoms with E-state index in [9.17, 15) is 4.21 Å². The van der Waals surface area contributed by atoms with Crippen molar-refractivity contribution in [2.75, 3.05) is 29.5 Å². The van der Waals surface area contributed by atoms with E-state index in [0.717, 1.165) is 30.3 Å². The summed E-state index contributed by atoms with van der Waals surface area (Å²) in [6.07, 6.45) is 0. The molecule has 6 heteroatoms. The van der Waals surface area contributed by atoms with Crippen LogP contribution in [-0.4, -0.2) is 38.8 Å². The Labute approximate surface area is 115 Å². The highest BCUT2D eigenvalue weighted by Crippen LogP contribution is 2.26. The second kappa shape index (κ2) is 5.53. The number of hydrogen-bond donors (Lipinski definition) is 0. The molecule has 0 bridgehead atoms. The van der Waals surface area contributed by atoms with E-state index < -0.39 is 10.8 Å². The van der Waals surface area contributed by atoms with Crippen molar-refractivity contribution in [2.24, 2.45) is 0 Å². The molecule has 0 aromatic carbocycles. The van der Waals surface area contributed by atoms with Gasteiger partial charge in [0.15, 0.2) is 0 Å². The first kappa shape index (κ1) is 13.7. The molecule has 0 spiro atoms. The van der Waals surface area contributed by atoms with Gasteiger partial charge < -0.3 is 4.90 Å². The van der Waals surface area contributed by atoms with Gasteiger partial charge in [0.1, 0.15) is 16.8 Å². The van der Waals surface area contributed by atoms with Gasteiger partial charge in [-0.25, -0.2) is 9.97 Å². The SMILES string of the molecule is Cc1c(Cl)nc(C(C)C)nc1N1CCS(=O)CC1. The van der Waals surface area contributed by atoms with Crippen LogP contribution in [0.15, 0.2) is 0 Å². The third-order valence-electron chi connectivity index (χ3n) is 3.07. The van der Waals surface area contributed by atoms with Crippen LogP contribution >= 0.6 is 11.6 Å². The van der Waals surface area contributed by atoms with Gasteiger partial charge in [0.05, 0.1) is 0 Å². The van der Waals surface area contributed by atoms with Crippen molar-refractivity contribution in [3.8, 4) is 0 Å². The minimum absolute atomic E-state index is 0.251. The van der Waals surface area contributed by atoms with Crippen LogP contribution in [-0.2, 0) is 10.8 Å². The summed E-state index contributed by atoms with van der Waals surface area (Å²) in [7, 11) is -0.679. The predicted octanol–water partition coefficient (Wildman–Crippen LogP) is 2.13. The van der Waals surface area contributed by atoms with Crippen LogP contribution in [0, 0.1) is 6.92 Å². The molecule has 0 amide bonds. The Morgan fingerprint density at radius 2 is 1.89 bits per heavy atom. The van der Waals surface area contributed by atoms with Crippen molar-refractivity contribution >= 4 is 28.2 Å². The zero-order valence-corrected chi connectivity index (χ0v) is 12.5. The van der Waals surface area contributed by atoms with E-state index in [1.807, 2.05) is 6.92 Å². The van der Waals surface area contributed by atoms with Crippen LogP contribution in [0.4, 0.5) is 5.82 Å². The highest BCUT2D eigenvalue weighted by Gasteiger charge is 2.21. The van der Waals surface area contributed by atoms with Gasteiger partial charge in [-0.15, -0.1) is 0 Å². The molecular weight excluding hydrogens is 270 g/mol. The Hall–Kier alpha value is -0.680. The Morgan fingerprint density at radius 3 is 2.44 bits per heavy atom. The van der Waals surface area contributed by atoms with Gasteiger partial charge in [-0.05, 0) is 6.92 Å². The first-order valence-corrected chi connectivity index (χ1v) is 7.99. The standard InChI is InChI=1S/C12H18ClN3OS/c1-8(2)11-14-10(13)9(3)12(15-11)16-4-6-18(17)7-5-16/h8H,4-7H2,1-3H3. The monoisotopic (exact) mass is 287 g/mol. The summed E-state index contributed by atoms with van der Waals surface area (Å²) in [5.74, 6) is 3.33. The van der Waals surface area contributed by atoms with E-state index in [0.29, 0.717) is 16.7 Å². The van der Waals surface area contributed by atoms with Gasteiger partial charge in [0.2, 0.25) is 0 Å². The lowest BCUT2D eigenvalue weighted by Gasteiger charge is -2.29. The topological polar surface area (TPSA) is 46.1 Å². The lowest BCUT2D eigenvalue weighted by Crippen LogP contribution is -2.38. The molecule has 0 N–H and O–H groups in total. The maximum atomic E-state index is 11.4. The van der Waals surface area contributed by atoms with Gasteiger partial charge >= 0.3 is 0 Å². The fraction of sp³-hybridized carbons (Fsp3) is 0.667. The molecule has 0 aliphatic carbocycles. The molecule has 1 aromatic rings. The summed E-state index contributed by atoms with van der Waals surface area (Å²) >= 11 is 6.17. The highest BCUT2D eigenvalue weighted by molar-refractivity contribution is 7.85. The Morgan fingerprint density at radius 1 is 1.28 bits per heavy atom. The van der Waals surface area contributed by atoms with Crippen LogP contribution < -0.4 is 4.90 Å². The van der Waals surface area contributed by atoms with Crippen LogP contribution in [0.5, 0.6) is 0 Å². The molecule has 1 aliphatic rings. The number of halogens is 1. The van der Waals surface area contributed by atoms with Crippen molar-refractivity contribution < 1.29 is 4.21 Å². The quantitative estimate of drug-likeness (QED) is 0.782. The molecule has 1 aromatic heterocycles. The molecule has 4 nitrogen and oxygen atoms in total. The lowest BCUT2D eigenvalue weighted by atomic mass is 10.2. The summed E-state index contributed by atoms with van der Waals surface area (Å²) in [6.45, 7) is 7.59. The maximum absolute atomic E-state index is 11.4. The summed E-state index contributed by atoms with van der Waals surface area (Å²) in [4.78, 5) is 11.1. The lowest BCUT2D eigenvalue weighted by molar-refractivity contribution is 0.671. The first-order valence-electron chi connectivity index (χ1n) is 6.13. The average molecular weight is 288 g/mol. The minimum Gasteiger partial charge on any atom is -0.354 e. The zero-order chi connectivity index (χ0) is 13.3. The molecule has 0 unspecified atom stereocenters. The molecule has 1 fully saturated rings. The van der Waals surface area contributed by atoms with E-state index >= 15 is 0 Å². The van der Waals surface area contributed by atoms with Crippen LogP contribution in [0.3, 0.4) is 0 Å². The number of rotatable bonds is 2. The molecule has 2 heterocycles. The second-order valence-electron chi connectivity index (χ2n) is 4.81. The fourth-order valence-corrected chi connectivity index (χ4v) is 3.13. The Balaban J connectivity index is 2.34. The highest BCUT2D eigenvalue weighted by atomic mass is 35.5. The molecule has 18 heavy (non-hydrogen) atoms. The van der Waals surface area contributed by atoms with Gasteiger partial charge in [0.25, 0.3) is 0 Å². The number of aromatic nitrogens is 2. The third kappa shape index (κ3) is 2.83. The Bertz CT molecular complexity index is 469. The molecule has 2 rings (SSSR count). The van der Waals surface area contributed by atoms with Gasteiger partial charge in [-0.1, -0.05) is 25.4 Å². The van der Waals surface area contributed by atoms with Crippen LogP contribution in [0.2, 0.25) is 5.15 Å². The van der Waals surface area contributed by atoms with Crippen molar-refractivity contribution in [1.82, 2.24) is 9.97 Å². The van der Waals surface area contributed by atoms with Crippen LogP contribution in [0.25, 0.3) is 0 Å². The summed E-state index contributed by atoms with van der Waals surface area (Å²) < 4.78 is 11.4. The van der Waals surface area contributed by atoms with E-state index in [4.69, 9.17) is 11.6 Å². The van der Waals surface area contributed by atoms with Crippen molar-refractivity contribution in [1.29, 1.82) is 0 Å². The van der Waals surface area contributed by atoms with Gasteiger partial charge in [-0.3, -0.25) is 4.21 Å². The third-order valence-corrected chi connectivity index (χ3v) is 4.72. The smallest absolute Gasteiger partial charge is 0.137 e. The largest absolute Gasteiger partial charge is 0.354 e. The minimum atomic E-state index is -0.679. The molecule has 0 saturated carbocycles. The van der Waals surface area contributed by atoms with Crippen molar-refractivity contribution in [3.63, 3.8) is 0 Å². The first-order chi connectivity index (χ1) is 8.49. The molecule has 0 radical (unpaired) electrons. The van der Waals surface area contributed by atoms with E-state index in [-0.39, 0.29) is 5.92 Å². The maximum Gasteiger partial charge on any atom is 0.137 e. The van der Waals surface area contributed by atoms with E-state index in [2.05, 4.69) is 28.7 Å². The molecule has 1 saturated heterocycles. The molecule has 1 aliphatic heterocycles. The second-order valence-corrected chi connectivity index (χ2v) is 6.87. The molecule has 100 valence electrons. The Kier molecular flexibility index (Phi) is 4.22. The van der Waals surface area contributed by atoms with Crippen molar-refractivity contribution in [3.05, 3.63) is 16.5 Å². The van der Waals surface area contributed by atoms with Gasteiger partial charge in [0, 0.05) is 46.9 Å². The van der Waals surface area contributed by atoms with Crippen LogP contribution in [0.1, 0.15) is 31.2 Å². The molecule has 0 atom stereocenters. The number of hydrogen-bond acceptors (Lipinski definition) is 4. The zero-order valence-electron chi connectivity index (χ0n) is 10.9. The summed E-state index contributed by atoms with van der Waals surface area (Å²) in [5.41, 5.74) is 0.911.